The highest BCUT2D eigenvalue weighted by atomic mass is 16.5. The standard InChI is InChI=1S/C29H27N3O5/c1-29(2,3)19-15-17(12-13-22(19)37-4)25(34)23-24(16-8-7-9-18(33)14-16)32(27(36)26(23)35)28-30-20-10-5-6-11-21(20)31-28/h5-15,24,33-34H,1-4H3,(H,30,31)/b25-23+. The van der Waals surface area contributed by atoms with Crippen molar-refractivity contribution in [2.75, 3.05) is 12.0 Å². The number of nitrogens with one attached hydrogen (secondary N) is 1. The molecule has 1 aliphatic heterocycles. The number of ether oxygens (including phenoxy) is 1. The van der Waals surface area contributed by atoms with Gasteiger partial charge in [0.15, 0.2) is 0 Å². The monoisotopic (exact) mass is 497 g/mol. The zero-order chi connectivity index (χ0) is 26.5. The molecule has 0 bridgehead atoms. The number of anilines is 1. The first-order valence-electron chi connectivity index (χ1n) is 11.8. The average molecular weight is 498 g/mol. The molecular formula is C29H27N3O5. The summed E-state index contributed by atoms with van der Waals surface area (Å²) in [5.74, 6) is -1.22. The highest BCUT2D eigenvalue weighted by molar-refractivity contribution is 6.51. The zero-order valence-corrected chi connectivity index (χ0v) is 20.9. The highest BCUT2D eigenvalue weighted by Crippen LogP contribution is 2.43. The maximum absolute atomic E-state index is 13.5. The Morgan fingerprint density at radius 1 is 1.03 bits per heavy atom. The third-order valence-electron chi connectivity index (χ3n) is 6.52. The Morgan fingerprint density at radius 3 is 2.46 bits per heavy atom. The van der Waals surface area contributed by atoms with Crippen LogP contribution in [0.25, 0.3) is 16.8 Å². The van der Waals surface area contributed by atoms with Gasteiger partial charge in [-0.25, -0.2) is 4.98 Å². The SMILES string of the molecule is COc1ccc(/C(O)=C2\C(=O)C(=O)N(c3nc4ccccc4[nH]3)C2c2cccc(O)c2)cc1C(C)(C)C. The van der Waals surface area contributed by atoms with Gasteiger partial charge in [-0.1, -0.05) is 45.0 Å². The molecule has 8 heteroatoms. The number of phenolic OH excluding ortho intramolecular Hbond substituents is 1. The molecule has 0 aliphatic carbocycles. The molecule has 1 saturated heterocycles. The second kappa shape index (κ2) is 8.81. The number of methoxy groups -OCH3 is 1. The second-order valence-corrected chi connectivity index (χ2v) is 10.0. The molecule has 0 saturated carbocycles. The van der Waals surface area contributed by atoms with Crippen LogP contribution >= 0.6 is 0 Å². The number of hydrogen-bond donors (Lipinski definition) is 3. The lowest BCUT2D eigenvalue weighted by Gasteiger charge is -2.24. The number of Topliss-reactive ketones (excluding diaryl/α,β-unsaturated/α-hetero) is 1. The number of amides is 1. The molecule has 188 valence electrons. The van der Waals surface area contributed by atoms with Crippen molar-refractivity contribution in [3.8, 4) is 11.5 Å². The lowest BCUT2D eigenvalue weighted by molar-refractivity contribution is -0.132. The molecule has 2 heterocycles. The predicted molar refractivity (Wildman–Crippen MR) is 141 cm³/mol. The van der Waals surface area contributed by atoms with Gasteiger partial charge in [0, 0.05) is 11.1 Å². The zero-order valence-electron chi connectivity index (χ0n) is 20.9. The van der Waals surface area contributed by atoms with E-state index in [1.54, 1.807) is 43.5 Å². The van der Waals surface area contributed by atoms with Gasteiger partial charge in [0.2, 0.25) is 5.95 Å². The van der Waals surface area contributed by atoms with Crippen LogP contribution in [0.15, 0.2) is 72.3 Å². The maximum atomic E-state index is 13.5. The van der Waals surface area contributed by atoms with E-state index in [0.717, 1.165) is 5.56 Å². The summed E-state index contributed by atoms with van der Waals surface area (Å²) in [5.41, 5.74) is 2.56. The lowest BCUT2D eigenvalue weighted by atomic mass is 9.84. The number of aromatic amines is 1. The van der Waals surface area contributed by atoms with Crippen LogP contribution in [0.3, 0.4) is 0 Å². The van der Waals surface area contributed by atoms with Crippen LogP contribution in [0.5, 0.6) is 11.5 Å². The molecule has 1 aliphatic rings. The normalized spacial score (nSPS) is 17.5. The molecule has 1 amide bonds. The molecule has 8 nitrogen and oxygen atoms in total. The summed E-state index contributed by atoms with van der Waals surface area (Å²) in [4.78, 5) is 35.7. The number of benzene rings is 3. The number of hydrogen-bond acceptors (Lipinski definition) is 6. The van der Waals surface area contributed by atoms with Gasteiger partial charge in [-0.05, 0) is 53.4 Å². The van der Waals surface area contributed by atoms with Crippen LogP contribution in [0.1, 0.15) is 43.5 Å². The third kappa shape index (κ3) is 4.10. The quantitative estimate of drug-likeness (QED) is 0.203. The van der Waals surface area contributed by atoms with Gasteiger partial charge in [-0.15, -0.1) is 0 Å². The molecule has 0 radical (unpaired) electrons. The van der Waals surface area contributed by atoms with Gasteiger partial charge < -0.3 is 19.9 Å². The first kappa shape index (κ1) is 24.1. The van der Waals surface area contributed by atoms with Crippen molar-refractivity contribution < 1.29 is 24.5 Å². The number of aliphatic hydroxyl groups is 1. The Kier molecular flexibility index (Phi) is 5.75. The first-order valence-corrected chi connectivity index (χ1v) is 11.8. The molecular weight excluding hydrogens is 470 g/mol. The van der Waals surface area contributed by atoms with Crippen LogP contribution in [-0.2, 0) is 15.0 Å². The number of aromatic nitrogens is 2. The summed E-state index contributed by atoms with van der Waals surface area (Å²) < 4.78 is 5.51. The van der Waals surface area contributed by atoms with Gasteiger partial charge in [0.05, 0.1) is 29.8 Å². The number of H-pyrrole nitrogens is 1. The van der Waals surface area contributed by atoms with Crippen LogP contribution in [-0.4, -0.2) is 39.0 Å². The van der Waals surface area contributed by atoms with E-state index in [2.05, 4.69) is 9.97 Å². The Hall–Kier alpha value is -4.59. The number of aromatic hydroxyl groups is 1. The van der Waals surface area contributed by atoms with Crippen LogP contribution in [0, 0.1) is 0 Å². The molecule has 4 aromatic rings. The number of rotatable bonds is 4. The van der Waals surface area contributed by atoms with E-state index in [0.29, 0.717) is 27.9 Å². The molecule has 3 aromatic carbocycles. The number of imidazole rings is 1. The molecule has 0 spiro atoms. The Bertz CT molecular complexity index is 1540. The van der Waals surface area contributed by atoms with Crippen LogP contribution < -0.4 is 9.64 Å². The van der Waals surface area contributed by atoms with E-state index in [4.69, 9.17) is 4.74 Å². The van der Waals surface area contributed by atoms with Crippen molar-refractivity contribution >= 4 is 34.4 Å². The predicted octanol–water partition coefficient (Wildman–Crippen LogP) is 5.20. The minimum Gasteiger partial charge on any atom is -0.508 e. The van der Waals surface area contributed by atoms with E-state index in [1.165, 1.54) is 17.0 Å². The van der Waals surface area contributed by atoms with Crippen molar-refractivity contribution in [3.63, 3.8) is 0 Å². The number of carbonyl (C=O) groups is 2. The minimum atomic E-state index is -1.02. The van der Waals surface area contributed by atoms with Crippen molar-refractivity contribution in [3.05, 3.63) is 89.0 Å². The number of phenols is 1. The van der Waals surface area contributed by atoms with Gasteiger partial charge in [0.1, 0.15) is 17.3 Å². The van der Waals surface area contributed by atoms with Crippen molar-refractivity contribution in [1.82, 2.24) is 9.97 Å². The Balaban J connectivity index is 1.74. The number of aliphatic hydroxyl groups excluding tert-OH is 1. The molecule has 1 aromatic heterocycles. The fourth-order valence-electron chi connectivity index (χ4n) is 4.71. The smallest absolute Gasteiger partial charge is 0.302 e. The number of fused-ring (bicyclic) bond motifs is 1. The molecule has 1 atom stereocenters. The van der Waals surface area contributed by atoms with Gasteiger partial charge in [-0.3, -0.25) is 14.5 Å². The number of para-hydroxylation sites is 2. The molecule has 37 heavy (non-hydrogen) atoms. The van der Waals surface area contributed by atoms with Crippen molar-refractivity contribution in [2.45, 2.75) is 32.2 Å². The number of carbonyl (C=O) groups excluding carboxylic acids is 2. The Morgan fingerprint density at radius 2 is 1.78 bits per heavy atom. The van der Waals surface area contributed by atoms with Crippen molar-refractivity contribution in [1.29, 1.82) is 0 Å². The van der Waals surface area contributed by atoms with E-state index in [-0.39, 0.29) is 28.4 Å². The summed E-state index contributed by atoms with van der Waals surface area (Å²) in [7, 11) is 1.57. The lowest BCUT2D eigenvalue weighted by Crippen LogP contribution is -2.30. The minimum absolute atomic E-state index is 0.0350. The molecule has 1 unspecified atom stereocenters. The topological polar surface area (TPSA) is 116 Å². The summed E-state index contributed by atoms with van der Waals surface area (Å²) in [6.07, 6.45) is 0. The summed E-state index contributed by atoms with van der Waals surface area (Å²) in [5, 5.41) is 21.7. The summed E-state index contributed by atoms with van der Waals surface area (Å²) in [6.45, 7) is 6.05. The highest BCUT2D eigenvalue weighted by Gasteiger charge is 2.48. The van der Waals surface area contributed by atoms with E-state index >= 15 is 0 Å². The fraction of sp³-hybridized carbons (Fsp3) is 0.207. The second-order valence-electron chi connectivity index (χ2n) is 10.0. The largest absolute Gasteiger partial charge is 0.508 e. The molecule has 5 rings (SSSR count). The summed E-state index contributed by atoms with van der Waals surface area (Å²) >= 11 is 0. The number of ketones is 1. The van der Waals surface area contributed by atoms with E-state index in [9.17, 15) is 19.8 Å². The first-order chi connectivity index (χ1) is 17.6. The average Bonchev–Trinajstić information content (AvgIpc) is 3.41. The van der Waals surface area contributed by atoms with Gasteiger partial charge >= 0.3 is 5.91 Å². The third-order valence-corrected chi connectivity index (χ3v) is 6.52. The fourth-order valence-corrected chi connectivity index (χ4v) is 4.71. The maximum Gasteiger partial charge on any atom is 0.302 e. The van der Waals surface area contributed by atoms with Crippen LogP contribution in [0.4, 0.5) is 5.95 Å². The molecule has 3 N–H and O–H groups in total. The van der Waals surface area contributed by atoms with Crippen molar-refractivity contribution in [2.24, 2.45) is 0 Å². The van der Waals surface area contributed by atoms with Gasteiger partial charge in [0.25, 0.3) is 5.78 Å². The van der Waals surface area contributed by atoms with Gasteiger partial charge in [-0.2, -0.15) is 0 Å². The Labute approximate surface area is 213 Å². The van der Waals surface area contributed by atoms with Crippen LogP contribution in [0.2, 0.25) is 0 Å². The molecule has 1 fully saturated rings. The van der Waals surface area contributed by atoms with E-state index < -0.39 is 17.7 Å². The number of nitrogens with zero attached hydrogens (tertiary/aromatic N) is 2. The summed E-state index contributed by atoms with van der Waals surface area (Å²) in [6, 6.07) is 17.7. The van der Waals surface area contributed by atoms with E-state index in [1.807, 2.05) is 39.0 Å².